The van der Waals surface area contributed by atoms with Crippen molar-refractivity contribution in [1.82, 2.24) is 25.6 Å². The zero-order valence-corrected chi connectivity index (χ0v) is 28.5. The number of aromatic nitrogens is 3. The maximum absolute atomic E-state index is 13.9. The minimum absolute atomic E-state index is 0.0000958. The van der Waals surface area contributed by atoms with Crippen LogP contribution >= 0.6 is 0 Å². The van der Waals surface area contributed by atoms with Gasteiger partial charge in [0, 0.05) is 13.1 Å². The normalized spacial score (nSPS) is 27.6. The molecule has 0 bridgehead atoms. The number of ether oxygens (including phenoxy) is 3. The molecule has 9 N–H and O–H groups in total. The van der Waals surface area contributed by atoms with Crippen molar-refractivity contribution in [2.45, 2.75) is 95.2 Å². The van der Waals surface area contributed by atoms with E-state index < -0.39 is 73.2 Å². The Bertz CT molecular complexity index is 1570. The SMILES string of the molecule is O=C(NCc1ccc(CO)cc1)[C@H]1C[C@H](OCCn2cc(CO)nn2)[C@@H](O[C@H]2O[C@H](CO)[C@@H](O)[C@H](O)[C@@H]2O)C[C@@H]1C(=O)NCc1ccc(CO)cc1. The average molecular weight is 730 g/mol. The molecule has 9 atom stereocenters. The van der Waals surface area contributed by atoms with Gasteiger partial charge < -0.3 is 60.6 Å². The molecule has 1 aliphatic heterocycles. The van der Waals surface area contributed by atoms with Crippen LogP contribution in [0.2, 0.25) is 0 Å². The van der Waals surface area contributed by atoms with Crippen LogP contribution in [0.25, 0.3) is 0 Å². The van der Waals surface area contributed by atoms with Gasteiger partial charge in [-0.15, -0.1) is 5.10 Å². The molecule has 3 aromatic rings. The van der Waals surface area contributed by atoms with Crippen molar-refractivity contribution >= 4 is 11.8 Å². The van der Waals surface area contributed by atoms with Crippen molar-refractivity contribution in [3.05, 3.63) is 82.7 Å². The first-order valence-corrected chi connectivity index (χ1v) is 17.1. The Morgan fingerprint density at radius 2 is 1.29 bits per heavy atom. The third-order valence-electron chi connectivity index (χ3n) is 9.45. The van der Waals surface area contributed by atoms with Crippen molar-refractivity contribution < 1.29 is 59.5 Å². The number of benzene rings is 2. The van der Waals surface area contributed by atoms with Gasteiger partial charge in [-0.1, -0.05) is 53.7 Å². The van der Waals surface area contributed by atoms with Crippen LogP contribution in [0.15, 0.2) is 54.7 Å². The van der Waals surface area contributed by atoms with Gasteiger partial charge in [-0.05, 0) is 35.1 Å². The lowest BCUT2D eigenvalue weighted by Crippen LogP contribution is -2.61. The fourth-order valence-electron chi connectivity index (χ4n) is 6.37. The summed E-state index contributed by atoms with van der Waals surface area (Å²) in [6.45, 7) is -0.643. The summed E-state index contributed by atoms with van der Waals surface area (Å²) in [6.07, 6.45) is -8.11. The number of carbonyl (C=O) groups excluding carboxylic acids is 2. The van der Waals surface area contributed by atoms with E-state index in [-0.39, 0.29) is 58.9 Å². The maximum atomic E-state index is 13.9. The largest absolute Gasteiger partial charge is 0.394 e. The molecule has 284 valence electrons. The van der Waals surface area contributed by atoms with Crippen LogP contribution in [-0.2, 0) is 63.3 Å². The molecule has 0 radical (unpaired) electrons. The van der Waals surface area contributed by atoms with Crippen LogP contribution in [0.3, 0.4) is 0 Å². The molecule has 0 spiro atoms. The fourth-order valence-corrected chi connectivity index (χ4v) is 6.37. The van der Waals surface area contributed by atoms with Crippen LogP contribution < -0.4 is 10.6 Å². The smallest absolute Gasteiger partial charge is 0.224 e. The summed E-state index contributed by atoms with van der Waals surface area (Å²) in [5.74, 6) is -2.72. The molecule has 17 nitrogen and oxygen atoms in total. The van der Waals surface area contributed by atoms with Crippen LogP contribution in [0, 0.1) is 11.8 Å². The molecule has 17 heteroatoms. The van der Waals surface area contributed by atoms with Crippen molar-refractivity contribution in [3.63, 3.8) is 0 Å². The highest BCUT2D eigenvalue weighted by atomic mass is 16.7. The van der Waals surface area contributed by atoms with Gasteiger partial charge in [-0.2, -0.15) is 0 Å². The van der Waals surface area contributed by atoms with Gasteiger partial charge in [0.05, 0.1) is 69.8 Å². The summed E-state index contributed by atoms with van der Waals surface area (Å²) in [5.41, 5.74) is 3.33. The number of hydrogen-bond acceptors (Lipinski definition) is 14. The number of rotatable bonds is 16. The van der Waals surface area contributed by atoms with Crippen LogP contribution in [0.4, 0.5) is 0 Å². The van der Waals surface area contributed by atoms with E-state index >= 15 is 0 Å². The van der Waals surface area contributed by atoms with Gasteiger partial charge in [-0.25, -0.2) is 4.68 Å². The second kappa shape index (κ2) is 18.7. The molecule has 1 aromatic heterocycles. The Morgan fingerprint density at radius 3 is 1.79 bits per heavy atom. The van der Waals surface area contributed by atoms with Gasteiger partial charge in [-0.3, -0.25) is 9.59 Å². The summed E-state index contributed by atoms with van der Waals surface area (Å²) >= 11 is 0. The van der Waals surface area contributed by atoms with E-state index in [9.17, 15) is 45.3 Å². The summed E-state index contributed by atoms with van der Waals surface area (Å²) in [5, 5.41) is 82.9. The number of nitrogens with zero attached hydrogens (tertiary/aromatic N) is 3. The topological polar surface area (TPSA) is 258 Å². The van der Waals surface area contributed by atoms with Gasteiger partial charge in [0.25, 0.3) is 0 Å². The van der Waals surface area contributed by atoms with Gasteiger partial charge in [0.1, 0.15) is 30.1 Å². The molecule has 5 rings (SSSR count). The van der Waals surface area contributed by atoms with E-state index in [2.05, 4.69) is 20.9 Å². The lowest BCUT2D eigenvalue weighted by Gasteiger charge is -2.44. The number of aliphatic hydroxyl groups is 7. The molecule has 2 aromatic carbocycles. The molecule has 0 unspecified atom stereocenters. The van der Waals surface area contributed by atoms with Crippen LogP contribution in [-0.4, -0.2) is 119 Å². The third kappa shape index (κ3) is 9.95. The standard InChI is InChI=1S/C35H47N5O12/c41-16-22-5-1-20(2-6-22)13-36-33(48)25-11-27(50-10-9-40-15-24(18-43)38-39-40)28(51-35-32(47)31(46)30(45)29(19-44)52-35)12-26(25)34(49)37-14-21-3-7-23(17-42)8-4-21/h1-8,15,25-32,35,41-47H,9-14,16-19H2,(H,36,48)(H,37,49)/t25-,26-,27-,28-,29+,30+,31-,32-,35-/m0/s1. The zero-order valence-electron chi connectivity index (χ0n) is 28.5. The number of amides is 2. The highest BCUT2D eigenvalue weighted by Gasteiger charge is 2.49. The molecule has 1 saturated heterocycles. The number of carbonyl (C=O) groups is 2. The molecule has 1 saturated carbocycles. The molecule has 2 heterocycles. The quantitative estimate of drug-likeness (QED) is 0.0772. The van der Waals surface area contributed by atoms with Crippen molar-refractivity contribution in [3.8, 4) is 0 Å². The van der Waals surface area contributed by atoms with Crippen molar-refractivity contribution in [2.24, 2.45) is 11.8 Å². The summed E-state index contributed by atoms with van der Waals surface area (Å²) < 4.78 is 19.5. The first-order valence-electron chi connectivity index (χ1n) is 17.1. The monoisotopic (exact) mass is 729 g/mol. The van der Waals surface area contributed by atoms with E-state index in [0.29, 0.717) is 16.8 Å². The van der Waals surface area contributed by atoms with Crippen LogP contribution in [0.1, 0.15) is 40.8 Å². The molecule has 2 aliphatic rings. The highest BCUT2D eigenvalue weighted by molar-refractivity contribution is 5.88. The molecule has 1 aliphatic carbocycles. The summed E-state index contributed by atoms with van der Waals surface area (Å²) in [7, 11) is 0. The van der Waals surface area contributed by atoms with E-state index in [1.54, 1.807) is 54.7 Å². The predicted molar refractivity (Wildman–Crippen MR) is 179 cm³/mol. The van der Waals surface area contributed by atoms with Gasteiger partial charge >= 0.3 is 0 Å². The molecule has 2 amide bonds. The molecular formula is C35H47N5O12. The van der Waals surface area contributed by atoms with E-state index in [1.807, 2.05) is 0 Å². The summed E-state index contributed by atoms with van der Waals surface area (Å²) in [6, 6.07) is 14.1. The van der Waals surface area contributed by atoms with E-state index in [0.717, 1.165) is 11.1 Å². The molecular weight excluding hydrogens is 682 g/mol. The highest BCUT2D eigenvalue weighted by Crippen LogP contribution is 2.37. The second-order valence-electron chi connectivity index (χ2n) is 13.0. The van der Waals surface area contributed by atoms with E-state index in [1.165, 1.54) is 4.68 Å². The molecule has 2 fully saturated rings. The predicted octanol–water partition coefficient (Wildman–Crippen LogP) is -2.02. The number of aliphatic hydroxyl groups excluding tert-OH is 7. The maximum Gasteiger partial charge on any atom is 0.224 e. The number of hydrogen-bond donors (Lipinski definition) is 9. The fraction of sp³-hybridized carbons (Fsp3) is 0.543. The molecule has 52 heavy (non-hydrogen) atoms. The average Bonchev–Trinajstić information content (AvgIpc) is 3.64. The first kappa shape index (κ1) is 39.3. The Labute approximate surface area is 299 Å². The first-order chi connectivity index (χ1) is 25.1. The second-order valence-corrected chi connectivity index (χ2v) is 13.0. The van der Waals surface area contributed by atoms with Crippen molar-refractivity contribution in [1.29, 1.82) is 0 Å². The van der Waals surface area contributed by atoms with Gasteiger partial charge in [0.2, 0.25) is 11.8 Å². The van der Waals surface area contributed by atoms with Crippen molar-refractivity contribution in [2.75, 3.05) is 13.2 Å². The Hall–Kier alpha value is -3.88. The van der Waals surface area contributed by atoms with Crippen LogP contribution in [0.5, 0.6) is 0 Å². The summed E-state index contributed by atoms with van der Waals surface area (Å²) in [4.78, 5) is 27.8. The lowest BCUT2D eigenvalue weighted by atomic mass is 9.75. The number of nitrogens with one attached hydrogen (secondary N) is 2. The third-order valence-corrected chi connectivity index (χ3v) is 9.45. The Balaban J connectivity index is 1.37. The Morgan fingerprint density at radius 1 is 0.750 bits per heavy atom. The minimum atomic E-state index is -1.71. The lowest BCUT2D eigenvalue weighted by molar-refractivity contribution is -0.321. The van der Waals surface area contributed by atoms with E-state index in [4.69, 9.17) is 14.2 Å². The Kier molecular flexibility index (Phi) is 14.2. The van der Waals surface area contributed by atoms with Gasteiger partial charge in [0.15, 0.2) is 6.29 Å². The minimum Gasteiger partial charge on any atom is -0.394 e. The zero-order chi connectivity index (χ0) is 37.2.